The highest BCUT2D eigenvalue weighted by Gasteiger charge is 2.22. The van der Waals surface area contributed by atoms with E-state index in [1.807, 2.05) is 67.6 Å². The predicted molar refractivity (Wildman–Crippen MR) is 118 cm³/mol. The minimum atomic E-state index is -0.243. The first-order valence-corrected chi connectivity index (χ1v) is 10.2. The van der Waals surface area contributed by atoms with Gasteiger partial charge in [-0.2, -0.15) is 0 Å². The number of nitrogens with one attached hydrogen (secondary N) is 1. The first-order valence-electron chi connectivity index (χ1n) is 9.40. The summed E-state index contributed by atoms with van der Waals surface area (Å²) in [6, 6.07) is 19.4. The van der Waals surface area contributed by atoms with E-state index in [4.69, 9.17) is 4.74 Å². The Balaban J connectivity index is 1.73. The zero-order valence-corrected chi connectivity index (χ0v) is 17.6. The molecule has 29 heavy (non-hydrogen) atoms. The summed E-state index contributed by atoms with van der Waals surface area (Å²) in [5, 5.41) is 2.90. The number of nitrogens with zero attached hydrogens (tertiary/aromatic N) is 1. The molecule has 0 aliphatic rings. The van der Waals surface area contributed by atoms with Crippen molar-refractivity contribution >= 4 is 28.8 Å². The average Bonchev–Trinajstić information content (AvgIpc) is 3.18. The second-order valence-corrected chi connectivity index (χ2v) is 7.65. The Hall–Kier alpha value is -3.12. The van der Waals surface area contributed by atoms with Gasteiger partial charge in [0.15, 0.2) is 0 Å². The van der Waals surface area contributed by atoms with Crippen LogP contribution in [0.1, 0.15) is 22.2 Å². The van der Waals surface area contributed by atoms with E-state index in [-0.39, 0.29) is 18.4 Å². The van der Waals surface area contributed by atoms with Crippen molar-refractivity contribution in [2.24, 2.45) is 0 Å². The van der Waals surface area contributed by atoms with Crippen molar-refractivity contribution in [2.45, 2.75) is 13.3 Å². The fraction of sp³-hybridized carbons (Fsp3) is 0.217. The molecule has 0 saturated heterocycles. The Morgan fingerprint density at radius 2 is 1.76 bits per heavy atom. The molecule has 2 amide bonds. The third kappa shape index (κ3) is 4.84. The normalized spacial score (nSPS) is 10.4. The average molecular weight is 409 g/mol. The van der Waals surface area contributed by atoms with Gasteiger partial charge in [0, 0.05) is 17.6 Å². The predicted octanol–water partition coefficient (Wildman–Crippen LogP) is 4.70. The molecule has 3 rings (SSSR count). The van der Waals surface area contributed by atoms with Crippen LogP contribution in [0.3, 0.4) is 0 Å². The van der Waals surface area contributed by atoms with Gasteiger partial charge in [-0.3, -0.25) is 9.59 Å². The Bertz CT molecular complexity index is 998. The lowest BCUT2D eigenvalue weighted by Gasteiger charge is -2.17. The number of likely N-dealkylation sites (N-methyl/N-ethyl adjacent to an activating group) is 1. The number of amides is 2. The van der Waals surface area contributed by atoms with Gasteiger partial charge < -0.3 is 15.0 Å². The number of aryl methyl sites for hydroxylation is 1. The second-order valence-electron chi connectivity index (χ2n) is 6.59. The van der Waals surface area contributed by atoms with Crippen molar-refractivity contribution in [3.63, 3.8) is 0 Å². The maximum Gasteiger partial charge on any atom is 0.267 e. The fourth-order valence-electron chi connectivity index (χ4n) is 3.02. The van der Waals surface area contributed by atoms with Gasteiger partial charge in [0.05, 0.1) is 13.7 Å². The number of benzene rings is 2. The molecular formula is C23H24N2O3S. The number of methoxy groups -OCH3 is 1. The first kappa shape index (κ1) is 20.6. The highest BCUT2D eigenvalue weighted by Crippen LogP contribution is 2.36. The third-order valence-corrected chi connectivity index (χ3v) is 5.72. The zero-order chi connectivity index (χ0) is 20.8. The Morgan fingerprint density at radius 3 is 2.45 bits per heavy atom. The van der Waals surface area contributed by atoms with Crippen molar-refractivity contribution in [1.29, 1.82) is 0 Å². The summed E-state index contributed by atoms with van der Waals surface area (Å²) in [7, 11) is 3.16. The van der Waals surface area contributed by atoms with Gasteiger partial charge in [-0.25, -0.2) is 0 Å². The number of hydrogen-bond donors (Lipinski definition) is 1. The van der Waals surface area contributed by atoms with Crippen LogP contribution in [-0.4, -0.2) is 37.4 Å². The minimum Gasteiger partial charge on any atom is -0.495 e. The fourth-order valence-corrected chi connectivity index (χ4v) is 4.15. The van der Waals surface area contributed by atoms with E-state index in [0.29, 0.717) is 10.6 Å². The summed E-state index contributed by atoms with van der Waals surface area (Å²) in [5.74, 6) is 0.0379. The SMILES string of the molecule is CCc1ccccc1NC(=O)CN(C)C(=O)c1sc(-c2ccccc2)cc1OC. The van der Waals surface area contributed by atoms with Crippen LogP contribution in [0.5, 0.6) is 5.75 Å². The monoisotopic (exact) mass is 408 g/mol. The Morgan fingerprint density at radius 1 is 1.07 bits per heavy atom. The van der Waals surface area contributed by atoms with Crippen LogP contribution in [0, 0.1) is 0 Å². The quantitative estimate of drug-likeness (QED) is 0.617. The number of hydrogen-bond acceptors (Lipinski definition) is 4. The number of carbonyl (C=O) groups excluding carboxylic acids is 2. The van der Waals surface area contributed by atoms with E-state index in [1.54, 1.807) is 14.2 Å². The number of thiophene rings is 1. The molecule has 0 bridgehead atoms. The molecule has 3 aromatic rings. The van der Waals surface area contributed by atoms with Gasteiger partial charge >= 0.3 is 0 Å². The molecule has 0 radical (unpaired) electrons. The molecule has 5 nitrogen and oxygen atoms in total. The van der Waals surface area contributed by atoms with Crippen molar-refractivity contribution in [3.05, 3.63) is 71.1 Å². The molecular weight excluding hydrogens is 384 g/mol. The molecule has 0 fully saturated rings. The van der Waals surface area contributed by atoms with Gasteiger partial charge in [-0.05, 0) is 29.7 Å². The first-order chi connectivity index (χ1) is 14.0. The highest BCUT2D eigenvalue weighted by atomic mass is 32.1. The molecule has 0 spiro atoms. The molecule has 0 atom stereocenters. The van der Waals surface area contributed by atoms with Crippen molar-refractivity contribution in [2.75, 3.05) is 26.0 Å². The Kier molecular flexibility index (Phi) is 6.67. The van der Waals surface area contributed by atoms with Gasteiger partial charge in [0.25, 0.3) is 5.91 Å². The van der Waals surface area contributed by atoms with Gasteiger partial charge in [-0.15, -0.1) is 11.3 Å². The number of carbonyl (C=O) groups is 2. The van der Waals surface area contributed by atoms with Gasteiger partial charge in [0.1, 0.15) is 10.6 Å². The number of rotatable bonds is 7. The molecule has 1 N–H and O–H groups in total. The smallest absolute Gasteiger partial charge is 0.267 e. The van der Waals surface area contributed by atoms with E-state index in [9.17, 15) is 9.59 Å². The van der Waals surface area contributed by atoms with Crippen LogP contribution < -0.4 is 10.1 Å². The zero-order valence-electron chi connectivity index (χ0n) is 16.8. The topological polar surface area (TPSA) is 58.6 Å². The number of anilines is 1. The van der Waals surface area contributed by atoms with Crippen LogP contribution in [0.4, 0.5) is 5.69 Å². The molecule has 0 aliphatic heterocycles. The van der Waals surface area contributed by atoms with Crippen LogP contribution in [-0.2, 0) is 11.2 Å². The van der Waals surface area contributed by atoms with Crippen molar-refractivity contribution < 1.29 is 14.3 Å². The van der Waals surface area contributed by atoms with Crippen LogP contribution in [0.2, 0.25) is 0 Å². The molecule has 150 valence electrons. The largest absolute Gasteiger partial charge is 0.495 e. The number of ether oxygens (including phenoxy) is 1. The highest BCUT2D eigenvalue weighted by molar-refractivity contribution is 7.17. The molecule has 0 unspecified atom stereocenters. The van der Waals surface area contributed by atoms with Gasteiger partial charge in [-0.1, -0.05) is 55.5 Å². The van der Waals surface area contributed by atoms with E-state index >= 15 is 0 Å². The molecule has 1 aromatic heterocycles. The summed E-state index contributed by atoms with van der Waals surface area (Å²) in [5.41, 5.74) is 2.86. The van der Waals surface area contributed by atoms with Crippen LogP contribution in [0.25, 0.3) is 10.4 Å². The number of para-hydroxylation sites is 1. The van der Waals surface area contributed by atoms with Crippen molar-refractivity contribution in [3.8, 4) is 16.2 Å². The maximum absolute atomic E-state index is 13.0. The lowest BCUT2D eigenvalue weighted by atomic mass is 10.1. The van der Waals surface area contributed by atoms with Gasteiger partial charge in [0.2, 0.25) is 5.91 Å². The standard InChI is InChI=1S/C23H24N2O3S/c1-4-16-10-8-9-13-18(16)24-21(26)15-25(2)23(27)22-19(28-3)14-20(29-22)17-11-6-5-7-12-17/h5-14H,4,15H2,1-3H3,(H,24,26). The van der Waals surface area contributed by atoms with E-state index in [1.165, 1.54) is 16.2 Å². The third-order valence-electron chi connectivity index (χ3n) is 4.57. The van der Waals surface area contributed by atoms with Crippen LogP contribution in [0.15, 0.2) is 60.7 Å². The summed E-state index contributed by atoms with van der Waals surface area (Å²) in [6.45, 7) is 1.99. The lowest BCUT2D eigenvalue weighted by Crippen LogP contribution is -2.34. The summed E-state index contributed by atoms with van der Waals surface area (Å²) < 4.78 is 5.41. The molecule has 2 aromatic carbocycles. The maximum atomic E-state index is 13.0. The summed E-state index contributed by atoms with van der Waals surface area (Å²) in [6.07, 6.45) is 0.819. The molecule has 6 heteroatoms. The van der Waals surface area contributed by atoms with E-state index < -0.39 is 0 Å². The van der Waals surface area contributed by atoms with E-state index in [2.05, 4.69) is 5.32 Å². The second kappa shape index (κ2) is 9.39. The minimum absolute atomic E-state index is 0.0430. The van der Waals surface area contributed by atoms with E-state index in [0.717, 1.165) is 28.1 Å². The molecule has 0 aliphatic carbocycles. The molecule has 0 saturated carbocycles. The summed E-state index contributed by atoms with van der Waals surface area (Å²) in [4.78, 5) is 28.3. The Labute approximate surface area is 174 Å². The summed E-state index contributed by atoms with van der Waals surface area (Å²) >= 11 is 1.36. The molecule has 1 heterocycles. The lowest BCUT2D eigenvalue weighted by molar-refractivity contribution is -0.116. The van der Waals surface area contributed by atoms with Crippen molar-refractivity contribution in [1.82, 2.24) is 4.90 Å². The van der Waals surface area contributed by atoms with Crippen LogP contribution >= 0.6 is 11.3 Å².